The number of nitrogens with one attached hydrogen (secondary N) is 1. The molecule has 1 rings (SSSR count). The highest BCUT2D eigenvalue weighted by atomic mass is 16.5. The minimum absolute atomic E-state index is 0.0388. The van der Waals surface area contributed by atoms with Gasteiger partial charge < -0.3 is 10.1 Å². The highest BCUT2D eigenvalue weighted by molar-refractivity contribution is 5.94. The van der Waals surface area contributed by atoms with Crippen LogP contribution in [0, 0.1) is 5.92 Å². The average Bonchev–Trinajstić information content (AvgIpc) is 2.01. The van der Waals surface area contributed by atoms with Gasteiger partial charge in [0.05, 0.1) is 12.2 Å². The maximum atomic E-state index is 11.5. The topological polar surface area (TPSA) is 55.4 Å². The molecule has 1 atom stereocenters. The largest absolute Gasteiger partial charge is 0.463 e. The van der Waals surface area contributed by atoms with Gasteiger partial charge in [-0.25, -0.2) is 4.79 Å². The Kier molecular flexibility index (Phi) is 3.28. The molecule has 1 heterocycles. The van der Waals surface area contributed by atoms with E-state index >= 15 is 0 Å². The Morgan fingerprint density at radius 2 is 2.29 bits per heavy atom. The molecule has 0 saturated heterocycles. The first-order chi connectivity index (χ1) is 6.56. The third-order valence-electron chi connectivity index (χ3n) is 2.21. The average molecular weight is 197 g/mol. The molecule has 1 amide bonds. The number of carbonyl (C=O) groups excluding carboxylic acids is 2. The van der Waals surface area contributed by atoms with Crippen LogP contribution in [-0.4, -0.2) is 18.5 Å². The molecule has 0 aromatic rings. The van der Waals surface area contributed by atoms with E-state index in [-0.39, 0.29) is 17.8 Å². The summed E-state index contributed by atoms with van der Waals surface area (Å²) in [5, 5.41) is 2.64. The number of carbonyl (C=O) groups is 2. The van der Waals surface area contributed by atoms with Crippen LogP contribution < -0.4 is 5.32 Å². The van der Waals surface area contributed by atoms with Crippen LogP contribution in [0.4, 0.5) is 0 Å². The number of allylic oxidation sites excluding steroid dienone is 1. The molecule has 1 N–H and O–H groups in total. The van der Waals surface area contributed by atoms with Gasteiger partial charge in [-0.2, -0.15) is 0 Å². The number of hydrogen-bond acceptors (Lipinski definition) is 3. The Morgan fingerprint density at radius 3 is 2.79 bits per heavy atom. The normalized spacial score (nSPS) is 21.9. The summed E-state index contributed by atoms with van der Waals surface area (Å²) in [5.74, 6) is -0.414. The van der Waals surface area contributed by atoms with Gasteiger partial charge in [-0.3, -0.25) is 4.79 Å². The van der Waals surface area contributed by atoms with E-state index in [9.17, 15) is 9.59 Å². The van der Waals surface area contributed by atoms with Crippen molar-refractivity contribution < 1.29 is 14.3 Å². The molecule has 0 spiro atoms. The van der Waals surface area contributed by atoms with E-state index in [1.54, 1.807) is 13.8 Å². The minimum atomic E-state index is -0.322. The zero-order valence-electron chi connectivity index (χ0n) is 8.72. The van der Waals surface area contributed by atoms with Crippen molar-refractivity contribution in [2.45, 2.75) is 27.2 Å². The van der Waals surface area contributed by atoms with E-state index in [0.717, 1.165) is 0 Å². The van der Waals surface area contributed by atoms with Crippen molar-refractivity contribution in [3.63, 3.8) is 0 Å². The second-order valence-corrected chi connectivity index (χ2v) is 3.41. The van der Waals surface area contributed by atoms with Crippen LogP contribution in [0.3, 0.4) is 0 Å². The lowest BCUT2D eigenvalue weighted by molar-refractivity contribution is -0.139. The zero-order valence-corrected chi connectivity index (χ0v) is 8.72. The summed E-state index contributed by atoms with van der Waals surface area (Å²) in [6.45, 7) is 5.70. The van der Waals surface area contributed by atoms with E-state index in [4.69, 9.17) is 4.74 Å². The summed E-state index contributed by atoms with van der Waals surface area (Å²) in [5.41, 5.74) is 1.21. The summed E-state index contributed by atoms with van der Waals surface area (Å²) >= 11 is 0. The lowest BCUT2D eigenvalue weighted by atomic mass is 9.92. The van der Waals surface area contributed by atoms with Gasteiger partial charge in [-0.05, 0) is 19.8 Å². The molecule has 0 unspecified atom stereocenters. The van der Waals surface area contributed by atoms with Gasteiger partial charge >= 0.3 is 5.97 Å². The number of esters is 1. The van der Waals surface area contributed by atoms with Gasteiger partial charge in [0.15, 0.2) is 0 Å². The highest BCUT2D eigenvalue weighted by Gasteiger charge is 2.27. The van der Waals surface area contributed by atoms with Crippen LogP contribution in [0.15, 0.2) is 11.3 Å². The molecule has 0 bridgehead atoms. The first-order valence-corrected chi connectivity index (χ1v) is 4.74. The van der Waals surface area contributed by atoms with Gasteiger partial charge in [-0.1, -0.05) is 6.92 Å². The SMILES string of the molecule is CCOC(=O)C1=C(C)NC(=O)C[C@H]1C. The summed E-state index contributed by atoms with van der Waals surface area (Å²) in [4.78, 5) is 22.6. The molecular formula is C10H15NO3. The van der Waals surface area contributed by atoms with Gasteiger partial charge in [0.2, 0.25) is 5.91 Å². The van der Waals surface area contributed by atoms with Crippen LogP contribution in [-0.2, 0) is 14.3 Å². The van der Waals surface area contributed by atoms with Gasteiger partial charge in [-0.15, -0.1) is 0 Å². The molecule has 0 aromatic carbocycles. The molecule has 4 heteroatoms. The molecule has 0 saturated carbocycles. The number of rotatable bonds is 2. The van der Waals surface area contributed by atoms with Crippen LogP contribution in [0.25, 0.3) is 0 Å². The lowest BCUT2D eigenvalue weighted by Gasteiger charge is -2.22. The molecule has 0 aromatic heterocycles. The van der Waals surface area contributed by atoms with E-state index in [1.807, 2.05) is 6.92 Å². The monoisotopic (exact) mass is 197 g/mol. The molecule has 14 heavy (non-hydrogen) atoms. The van der Waals surface area contributed by atoms with Crippen molar-refractivity contribution in [1.82, 2.24) is 5.32 Å². The molecule has 0 aliphatic carbocycles. The predicted octanol–water partition coefficient (Wildman–Crippen LogP) is 0.980. The fourth-order valence-corrected chi connectivity index (χ4v) is 1.64. The first kappa shape index (κ1) is 10.8. The zero-order chi connectivity index (χ0) is 10.7. The van der Waals surface area contributed by atoms with Gasteiger partial charge in [0.1, 0.15) is 0 Å². The second kappa shape index (κ2) is 4.26. The lowest BCUT2D eigenvalue weighted by Crippen LogP contribution is -2.34. The maximum absolute atomic E-state index is 11.5. The quantitative estimate of drug-likeness (QED) is 0.671. The van der Waals surface area contributed by atoms with Gasteiger partial charge in [0.25, 0.3) is 0 Å². The Morgan fingerprint density at radius 1 is 1.64 bits per heavy atom. The summed E-state index contributed by atoms with van der Waals surface area (Å²) in [7, 11) is 0. The fraction of sp³-hybridized carbons (Fsp3) is 0.600. The van der Waals surface area contributed by atoms with E-state index in [2.05, 4.69) is 5.32 Å². The molecule has 4 nitrogen and oxygen atoms in total. The van der Waals surface area contributed by atoms with Crippen molar-refractivity contribution in [3.8, 4) is 0 Å². The minimum Gasteiger partial charge on any atom is -0.463 e. The number of amides is 1. The maximum Gasteiger partial charge on any atom is 0.336 e. The molecule has 0 radical (unpaired) electrons. The number of ether oxygens (including phenoxy) is 1. The third kappa shape index (κ3) is 2.13. The molecule has 1 aliphatic heterocycles. The van der Waals surface area contributed by atoms with Crippen molar-refractivity contribution in [2.24, 2.45) is 5.92 Å². The summed E-state index contributed by atoms with van der Waals surface area (Å²) in [6, 6.07) is 0. The van der Waals surface area contributed by atoms with Crippen molar-refractivity contribution in [1.29, 1.82) is 0 Å². The number of hydrogen-bond donors (Lipinski definition) is 1. The highest BCUT2D eigenvalue weighted by Crippen LogP contribution is 2.23. The van der Waals surface area contributed by atoms with E-state index in [1.165, 1.54) is 0 Å². The first-order valence-electron chi connectivity index (χ1n) is 4.74. The van der Waals surface area contributed by atoms with E-state index < -0.39 is 0 Å². The molecular weight excluding hydrogens is 182 g/mol. The van der Waals surface area contributed by atoms with Crippen LogP contribution in [0.5, 0.6) is 0 Å². The Bertz CT molecular complexity index is 294. The summed E-state index contributed by atoms with van der Waals surface area (Å²) in [6.07, 6.45) is 0.353. The van der Waals surface area contributed by atoms with Crippen molar-refractivity contribution in [3.05, 3.63) is 11.3 Å². The second-order valence-electron chi connectivity index (χ2n) is 3.41. The van der Waals surface area contributed by atoms with Gasteiger partial charge in [0, 0.05) is 12.1 Å². The molecule has 0 fully saturated rings. The standard InChI is InChI=1S/C10H15NO3/c1-4-14-10(13)9-6(2)5-8(12)11-7(9)3/h6H,4-5H2,1-3H3,(H,11,12)/t6-/m1/s1. The Hall–Kier alpha value is -1.32. The van der Waals surface area contributed by atoms with Crippen molar-refractivity contribution in [2.75, 3.05) is 6.61 Å². The molecule has 1 aliphatic rings. The fourth-order valence-electron chi connectivity index (χ4n) is 1.64. The predicted molar refractivity (Wildman–Crippen MR) is 51.3 cm³/mol. The van der Waals surface area contributed by atoms with Crippen LogP contribution >= 0.6 is 0 Å². The molecule has 78 valence electrons. The van der Waals surface area contributed by atoms with E-state index in [0.29, 0.717) is 24.3 Å². The van der Waals surface area contributed by atoms with Crippen LogP contribution in [0.1, 0.15) is 27.2 Å². The van der Waals surface area contributed by atoms with Crippen LogP contribution in [0.2, 0.25) is 0 Å². The summed E-state index contributed by atoms with van der Waals surface area (Å²) < 4.78 is 4.91. The van der Waals surface area contributed by atoms with Crippen molar-refractivity contribution >= 4 is 11.9 Å². The Labute approximate surface area is 83.3 Å². The Balaban J connectivity index is 2.88. The third-order valence-corrected chi connectivity index (χ3v) is 2.21. The smallest absolute Gasteiger partial charge is 0.336 e.